The van der Waals surface area contributed by atoms with Gasteiger partial charge in [-0.1, -0.05) is 0 Å². The zero-order valence-corrected chi connectivity index (χ0v) is 20.6. The number of aromatic amines is 2. The predicted molar refractivity (Wildman–Crippen MR) is 131 cm³/mol. The molecule has 0 saturated heterocycles. The average Bonchev–Trinajstić information content (AvgIpc) is 3.56. The van der Waals surface area contributed by atoms with Crippen LogP contribution >= 0.6 is 0 Å². The van der Waals surface area contributed by atoms with Crippen LogP contribution in [0.1, 0.15) is 37.1 Å². The molecule has 2 rings (SSSR count). The lowest BCUT2D eigenvalue weighted by atomic mass is 10.1. The van der Waals surface area contributed by atoms with E-state index in [9.17, 15) is 34.2 Å². The summed E-state index contributed by atoms with van der Waals surface area (Å²) in [6.07, 6.45) is 5.95. The van der Waals surface area contributed by atoms with Gasteiger partial charge in [0, 0.05) is 36.6 Å². The molecule has 2 aromatic heterocycles. The van der Waals surface area contributed by atoms with Gasteiger partial charge in [0.2, 0.25) is 17.7 Å². The SMILES string of the molecule is NCCCCC(NC(=O)C(CC(=O)O)NC(=O)C(Cc1cnc[nH]1)NC(=O)C(N)Cc1cnc[nH]1)C(=O)O. The van der Waals surface area contributed by atoms with Crippen LogP contribution in [0.2, 0.25) is 0 Å². The molecule has 0 aliphatic heterocycles. The van der Waals surface area contributed by atoms with Crippen molar-refractivity contribution in [3.63, 3.8) is 0 Å². The number of nitrogens with two attached hydrogens (primary N) is 2. The molecule has 4 unspecified atom stereocenters. The molecule has 0 radical (unpaired) electrons. The zero-order valence-electron chi connectivity index (χ0n) is 20.6. The van der Waals surface area contributed by atoms with Crippen molar-refractivity contribution in [2.24, 2.45) is 11.5 Å². The summed E-state index contributed by atoms with van der Waals surface area (Å²) in [6, 6.07) is -5.23. The number of aromatic nitrogens is 4. The number of unbranched alkanes of at least 4 members (excludes halogenated alkanes) is 1. The third kappa shape index (κ3) is 9.98. The van der Waals surface area contributed by atoms with Crippen molar-refractivity contribution in [2.45, 2.75) is 62.7 Å². The maximum atomic E-state index is 13.2. The average molecular weight is 536 g/mol. The second-order valence-electron chi connectivity index (χ2n) is 8.57. The van der Waals surface area contributed by atoms with Crippen LogP contribution in [0.3, 0.4) is 0 Å². The number of carbonyl (C=O) groups is 5. The highest BCUT2D eigenvalue weighted by atomic mass is 16.4. The minimum atomic E-state index is -1.61. The highest BCUT2D eigenvalue weighted by Crippen LogP contribution is 2.06. The van der Waals surface area contributed by atoms with Gasteiger partial charge in [-0.05, 0) is 25.8 Å². The van der Waals surface area contributed by atoms with Gasteiger partial charge in [0.25, 0.3) is 0 Å². The number of carboxylic acid groups (broad SMARTS) is 2. The van der Waals surface area contributed by atoms with Gasteiger partial charge in [-0.2, -0.15) is 0 Å². The number of hydrogen-bond acceptors (Lipinski definition) is 9. The summed E-state index contributed by atoms with van der Waals surface area (Å²) in [4.78, 5) is 75.0. The second kappa shape index (κ2) is 15.1. The van der Waals surface area contributed by atoms with Crippen LogP contribution in [0, 0.1) is 0 Å². The number of imidazole rings is 2. The van der Waals surface area contributed by atoms with Gasteiger partial charge in [-0.25, -0.2) is 14.8 Å². The third-order valence-electron chi connectivity index (χ3n) is 5.52. The standard InChI is InChI=1S/C22H33N9O7/c23-4-2-1-3-15(22(37)38)29-21(36)17(7-18(32)33)31-20(35)16(6-13-9-26-11-28-13)30-19(34)14(24)5-12-8-25-10-27-12/h8-11,14-17H,1-7,23-24H2,(H,25,27)(H,26,28)(H,29,36)(H,30,34)(H,31,35)(H,32,33)(H,37,38). The molecule has 38 heavy (non-hydrogen) atoms. The third-order valence-corrected chi connectivity index (χ3v) is 5.52. The van der Waals surface area contributed by atoms with Crippen LogP contribution in [-0.4, -0.2) is 90.5 Å². The van der Waals surface area contributed by atoms with Crippen LogP contribution in [0.5, 0.6) is 0 Å². The molecule has 0 saturated carbocycles. The van der Waals surface area contributed by atoms with Crippen molar-refractivity contribution in [3.8, 4) is 0 Å². The summed E-state index contributed by atoms with van der Waals surface area (Å²) in [7, 11) is 0. The summed E-state index contributed by atoms with van der Waals surface area (Å²) in [5.74, 6) is -5.27. The molecule has 0 spiro atoms. The molecular formula is C22H33N9O7. The van der Waals surface area contributed by atoms with Gasteiger partial charge in [0.05, 0.1) is 25.1 Å². The fourth-order valence-electron chi connectivity index (χ4n) is 3.51. The Balaban J connectivity index is 2.14. The van der Waals surface area contributed by atoms with E-state index < -0.39 is 60.2 Å². The number of carboxylic acids is 2. The Bertz CT molecular complexity index is 1060. The molecule has 4 atom stereocenters. The van der Waals surface area contributed by atoms with Crippen LogP contribution in [0.15, 0.2) is 25.0 Å². The van der Waals surface area contributed by atoms with Crippen molar-refractivity contribution in [1.82, 2.24) is 35.9 Å². The van der Waals surface area contributed by atoms with Gasteiger partial charge < -0.3 is 47.6 Å². The molecule has 0 aromatic carbocycles. The maximum Gasteiger partial charge on any atom is 0.326 e. The van der Waals surface area contributed by atoms with Crippen LogP contribution in [-0.2, 0) is 36.8 Å². The predicted octanol–water partition coefficient (Wildman–Crippen LogP) is -2.61. The highest BCUT2D eigenvalue weighted by Gasteiger charge is 2.32. The summed E-state index contributed by atoms with van der Waals surface area (Å²) < 4.78 is 0. The molecule has 16 nitrogen and oxygen atoms in total. The summed E-state index contributed by atoms with van der Waals surface area (Å²) in [5.41, 5.74) is 12.4. The van der Waals surface area contributed by atoms with Gasteiger partial charge in [-0.3, -0.25) is 19.2 Å². The smallest absolute Gasteiger partial charge is 0.326 e. The number of aliphatic carboxylic acids is 2. The first-order chi connectivity index (χ1) is 18.1. The van der Waals surface area contributed by atoms with Crippen LogP contribution < -0.4 is 27.4 Å². The molecule has 2 aromatic rings. The lowest BCUT2D eigenvalue weighted by Gasteiger charge is -2.24. The van der Waals surface area contributed by atoms with Gasteiger partial charge >= 0.3 is 11.9 Å². The Labute approximate surface area is 217 Å². The number of nitrogens with one attached hydrogen (secondary N) is 5. The molecule has 11 N–H and O–H groups in total. The van der Waals surface area contributed by atoms with E-state index in [4.69, 9.17) is 11.5 Å². The van der Waals surface area contributed by atoms with Crippen molar-refractivity contribution in [3.05, 3.63) is 36.4 Å². The molecule has 0 aliphatic rings. The van der Waals surface area contributed by atoms with E-state index in [0.29, 0.717) is 30.8 Å². The van der Waals surface area contributed by atoms with Crippen LogP contribution in [0.4, 0.5) is 0 Å². The number of hydrogen-bond donors (Lipinski definition) is 9. The lowest BCUT2D eigenvalue weighted by molar-refractivity contribution is -0.143. The topological polar surface area (TPSA) is 271 Å². The molecule has 208 valence electrons. The largest absolute Gasteiger partial charge is 0.481 e. The van der Waals surface area contributed by atoms with E-state index in [1.54, 1.807) is 0 Å². The van der Waals surface area contributed by atoms with E-state index in [-0.39, 0.29) is 19.3 Å². The number of carbonyl (C=O) groups excluding carboxylic acids is 3. The zero-order chi connectivity index (χ0) is 28.1. The first kappa shape index (κ1) is 29.9. The summed E-state index contributed by atoms with van der Waals surface area (Å²) in [5, 5.41) is 25.8. The van der Waals surface area contributed by atoms with Gasteiger partial charge in [0.15, 0.2) is 0 Å². The number of nitrogens with zero attached hydrogens (tertiary/aromatic N) is 2. The first-order valence-corrected chi connectivity index (χ1v) is 11.9. The van der Waals surface area contributed by atoms with E-state index in [2.05, 4.69) is 35.9 Å². The fraction of sp³-hybridized carbons (Fsp3) is 0.500. The number of rotatable bonds is 17. The molecule has 0 aliphatic carbocycles. The Morgan fingerprint density at radius 1 is 0.816 bits per heavy atom. The Morgan fingerprint density at radius 2 is 1.37 bits per heavy atom. The van der Waals surface area contributed by atoms with Gasteiger partial charge in [-0.15, -0.1) is 0 Å². The van der Waals surface area contributed by atoms with E-state index in [1.807, 2.05) is 0 Å². The summed E-state index contributed by atoms with van der Waals surface area (Å²) in [6.45, 7) is 0.340. The first-order valence-electron chi connectivity index (χ1n) is 11.9. The minimum Gasteiger partial charge on any atom is -0.481 e. The number of H-pyrrole nitrogens is 2. The normalized spacial score (nSPS) is 14.1. The fourth-order valence-corrected chi connectivity index (χ4v) is 3.51. The van der Waals surface area contributed by atoms with Crippen LogP contribution in [0.25, 0.3) is 0 Å². The quantitative estimate of drug-likeness (QED) is 0.0946. The summed E-state index contributed by atoms with van der Waals surface area (Å²) >= 11 is 0. The molecular weight excluding hydrogens is 502 g/mol. The highest BCUT2D eigenvalue weighted by molar-refractivity contribution is 5.95. The maximum absolute atomic E-state index is 13.2. The van der Waals surface area contributed by atoms with E-state index in [0.717, 1.165) is 0 Å². The van der Waals surface area contributed by atoms with Crippen molar-refractivity contribution in [1.29, 1.82) is 0 Å². The van der Waals surface area contributed by atoms with Crippen molar-refractivity contribution < 1.29 is 34.2 Å². The number of amides is 3. The van der Waals surface area contributed by atoms with Crippen molar-refractivity contribution in [2.75, 3.05) is 6.54 Å². The Morgan fingerprint density at radius 3 is 1.89 bits per heavy atom. The molecule has 3 amide bonds. The molecule has 16 heteroatoms. The molecule has 2 heterocycles. The Kier molecular flexibility index (Phi) is 11.9. The lowest BCUT2D eigenvalue weighted by Crippen LogP contribution is -2.58. The Hall–Kier alpha value is -4.31. The van der Waals surface area contributed by atoms with Crippen molar-refractivity contribution >= 4 is 29.7 Å². The second-order valence-corrected chi connectivity index (χ2v) is 8.57. The minimum absolute atomic E-state index is 0.0682. The molecule has 0 fully saturated rings. The van der Waals surface area contributed by atoms with E-state index in [1.165, 1.54) is 25.0 Å². The van der Waals surface area contributed by atoms with E-state index >= 15 is 0 Å². The molecule has 0 bridgehead atoms. The van der Waals surface area contributed by atoms with Gasteiger partial charge in [0.1, 0.15) is 18.1 Å². The monoisotopic (exact) mass is 535 g/mol.